The largest absolute Gasteiger partial charge is 0.422 e. The summed E-state index contributed by atoms with van der Waals surface area (Å²) in [6.07, 6.45) is 0.426. The van der Waals surface area contributed by atoms with E-state index in [9.17, 15) is 9.59 Å². The maximum absolute atomic E-state index is 12.4. The lowest BCUT2D eigenvalue weighted by Crippen LogP contribution is -2.27. The minimum Gasteiger partial charge on any atom is -0.422 e. The molecule has 0 fully saturated rings. The van der Waals surface area contributed by atoms with Gasteiger partial charge in [-0.25, -0.2) is 9.80 Å². The van der Waals surface area contributed by atoms with Gasteiger partial charge in [0, 0.05) is 11.8 Å². The van der Waals surface area contributed by atoms with Crippen LogP contribution in [0.4, 0.5) is 0 Å². The Morgan fingerprint density at radius 1 is 1.15 bits per heavy atom. The normalized spacial score (nSPS) is 16.7. The minimum absolute atomic E-state index is 0.174. The van der Waals surface area contributed by atoms with Crippen molar-refractivity contribution in [3.8, 4) is 0 Å². The molecule has 130 valence electrons. The number of hydrazone groups is 1. The van der Waals surface area contributed by atoms with Crippen molar-refractivity contribution in [1.29, 1.82) is 0 Å². The number of hydrogen-bond donors (Lipinski definition) is 0. The van der Waals surface area contributed by atoms with Crippen molar-refractivity contribution in [2.75, 3.05) is 5.88 Å². The van der Waals surface area contributed by atoms with E-state index in [2.05, 4.69) is 5.10 Å². The molecular weight excluding hydrogens is 352 g/mol. The number of para-hydroxylation sites is 1. The predicted octanol–water partition coefficient (Wildman–Crippen LogP) is 3.71. The Morgan fingerprint density at radius 3 is 2.65 bits per heavy atom. The highest BCUT2D eigenvalue weighted by atomic mass is 35.5. The van der Waals surface area contributed by atoms with Crippen LogP contribution < -0.4 is 5.63 Å². The van der Waals surface area contributed by atoms with Gasteiger partial charge < -0.3 is 4.42 Å². The molecule has 1 amide bonds. The highest BCUT2D eigenvalue weighted by Crippen LogP contribution is 2.32. The van der Waals surface area contributed by atoms with Crippen LogP contribution in [0, 0.1) is 0 Å². The third-order valence-corrected chi connectivity index (χ3v) is 4.65. The molecule has 0 spiro atoms. The molecule has 1 aromatic heterocycles. The highest BCUT2D eigenvalue weighted by molar-refractivity contribution is 6.27. The topological polar surface area (TPSA) is 62.9 Å². The lowest BCUT2D eigenvalue weighted by Gasteiger charge is -2.21. The Balaban J connectivity index is 1.78. The van der Waals surface area contributed by atoms with Crippen molar-refractivity contribution in [2.45, 2.75) is 12.5 Å². The molecule has 1 aliphatic heterocycles. The lowest BCUT2D eigenvalue weighted by atomic mass is 9.99. The number of amides is 1. The summed E-state index contributed by atoms with van der Waals surface area (Å²) in [5.74, 6) is -0.479. The molecule has 1 atom stereocenters. The molecule has 0 saturated carbocycles. The fourth-order valence-electron chi connectivity index (χ4n) is 3.16. The van der Waals surface area contributed by atoms with Crippen LogP contribution in [0.3, 0.4) is 0 Å². The zero-order chi connectivity index (χ0) is 18.1. The second-order valence-electron chi connectivity index (χ2n) is 6.03. The number of benzene rings is 2. The third kappa shape index (κ3) is 2.91. The van der Waals surface area contributed by atoms with E-state index < -0.39 is 5.63 Å². The summed E-state index contributed by atoms with van der Waals surface area (Å²) in [5, 5.41) is 6.59. The van der Waals surface area contributed by atoms with Crippen LogP contribution in [0.25, 0.3) is 11.0 Å². The van der Waals surface area contributed by atoms with Crippen LogP contribution in [0.1, 0.15) is 23.6 Å². The predicted molar refractivity (Wildman–Crippen MR) is 100 cm³/mol. The molecule has 0 N–H and O–H groups in total. The van der Waals surface area contributed by atoms with Gasteiger partial charge in [-0.2, -0.15) is 5.10 Å². The molecule has 5 nitrogen and oxygen atoms in total. The first kappa shape index (κ1) is 16.5. The Labute approximate surface area is 154 Å². The average molecular weight is 367 g/mol. The number of nitrogens with zero attached hydrogens (tertiary/aromatic N) is 2. The van der Waals surface area contributed by atoms with Gasteiger partial charge in [0.05, 0.1) is 17.3 Å². The van der Waals surface area contributed by atoms with Crippen LogP contribution >= 0.6 is 11.6 Å². The maximum atomic E-state index is 12.4. The van der Waals surface area contributed by atoms with E-state index in [0.29, 0.717) is 23.3 Å². The van der Waals surface area contributed by atoms with Crippen molar-refractivity contribution in [3.05, 3.63) is 82.2 Å². The summed E-state index contributed by atoms with van der Waals surface area (Å²) in [6.45, 7) is 0. The third-order valence-electron chi connectivity index (χ3n) is 4.42. The minimum atomic E-state index is -0.463. The zero-order valence-electron chi connectivity index (χ0n) is 13.8. The molecule has 0 bridgehead atoms. The molecule has 6 heteroatoms. The van der Waals surface area contributed by atoms with Crippen molar-refractivity contribution in [3.63, 3.8) is 0 Å². The summed E-state index contributed by atoms with van der Waals surface area (Å²) in [7, 11) is 0. The summed E-state index contributed by atoms with van der Waals surface area (Å²) in [6, 6.07) is 18.3. The van der Waals surface area contributed by atoms with Crippen molar-refractivity contribution >= 4 is 34.2 Å². The fourth-order valence-corrected chi connectivity index (χ4v) is 3.28. The first-order valence-corrected chi connectivity index (χ1v) is 8.74. The molecule has 26 heavy (non-hydrogen) atoms. The van der Waals surface area contributed by atoms with E-state index in [1.807, 2.05) is 48.5 Å². The standard InChI is InChI=1S/C20H15ClN2O3/c21-12-19(24)23-17(13-6-2-1-3-7-13)11-16(22-23)15-10-14-8-4-5-9-18(14)26-20(15)25/h1-10,17H,11-12H2. The zero-order valence-corrected chi connectivity index (χ0v) is 14.5. The van der Waals surface area contributed by atoms with Gasteiger partial charge in [0.2, 0.25) is 0 Å². The van der Waals surface area contributed by atoms with Gasteiger partial charge in [0.25, 0.3) is 5.91 Å². The van der Waals surface area contributed by atoms with Crippen molar-refractivity contribution in [1.82, 2.24) is 5.01 Å². The first-order valence-electron chi connectivity index (χ1n) is 8.21. The van der Waals surface area contributed by atoms with E-state index in [-0.39, 0.29) is 17.8 Å². The fraction of sp³-hybridized carbons (Fsp3) is 0.150. The van der Waals surface area contributed by atoms with Gasteiger partial charge in [-0.3, -0.25) is 4.79 Å². The quantitative estimate of drug-likeness (QED) is 0.524. The Hall–Kier alpha value is -2.92. The van der Waals surface area contributed by atoms with Crippen LogP contribution in [-0.2, 0) is 4.79 Å². The van der Waals surface area contributed by atoms with Crippen LogP contribution in [0.5, 0.6) is 0 Å². The molecule has 3 aromatic rings. The molecule has 2 aromatic carbocycles. The van der Waals surface area contributed by atoms with Crippen molar-refractivity contribution < 1.29 is 9.21 Å². The second-order valence-corrected chi connectivity index (χ2v) is 6.30. The second kappa shape index (κ2) is 6.77. The molecule has 1 aliphatic rings. The van der Waals surface area contributed by atoms with Gasteiger partial charge in [-0.1, -0.05) is 48.5 Å². The average Bonchev–Trinajstić information content (AvgIpc) is 3.12. The van der Waals surface area contributed by atoms with Gasteiger partial charge in [-0.15, -0.1) is 11.6 Å². The molecule has 0 saturated heterocycles. The molecular formula is C20H15ClN2O3. The summed E-state index contributed by atoms with van der Waals surface area (Å²) < 4.78 is 5.40. The Kier molecular flexibility index (Phi) is 4.31. The number of carbonyl (C=O) groups is 1. The summed E-state index contributed by atoms with van der Waals surface area (Å²) >= 11 is 5.75. The number of carbonyl (C=O) groups excluding carboxylic acids is 1. The lowest BCUT2D eigenvalue weighted by molar-refractivity contribution is -0.130. The van der Waals surface area contributed by atoms with Crippen molar-refractivity contribution in [2.24, 2.45) is 5.10 Å². The SMILES string of the molecule is O=C(CCl)N1N=C(c2cc3ccccc3oc2=O)CC1c1ccccc1. The molecule has 0 aliphatic carbocycles. The van der Waals surface area contributed by atoms with Gasteiger partial charge in [-0.05, 0) is 17.7 Å². The number of fused-ring (bicyclic) bond motifs is 1. The maximum Gasteiger partial charge on any atom is 0.345 e. The number of halogens is 1. The Bertz CT molecular complexity index is 1060. The molecule has 2 heterocycles. The monoisotopic (exact) mass is 366 g/mol. The summed E-state index contributed by atoms with van der Waals surface area (Å²) in [4.78, 5) is 24.7. The molecule has 0 radical (unpaired) electrons. The van der Waals surface area contributed by atoms with Crippen LogP contribution in [0.2, 0.25) is 0 Å². The smallest absolute Gasteiger partial charge is 0.345 e. The summed E-state index contributed by atoms with van der Waals surface area (Å²) in [5.41, 5.74) is 1.89. The van der Waals surface area contributed by atoms with E-state index in [1.54, 1.807) is 12.1 Å². The highest BCUT2D eigenvalue weighted by Gasteiger charge is 2.33. The van der Waals surface area contributed by atoms with Gasteiger partial charge in [0.1, 0.15) is 11.5 Å². The van der Waals surface area contributed by atoms with E-state index >= 15 is 0 Å². The van der Waals surface area contributed by atoms with Crippen LogP contribution in [0.15, 0.2) is 75.0 Å². The first-order chi connectivity index (χ1) is 12.7. The molecule has 1 unspecified atom stereocenters. The van der Waals surface area contributed by atoms with E-state index in [0.717, 1.165) is 10.9 Å². The number of alkyl halides is 1. The van der Waals surface area contributed by atoms with Gasteiger partial charge in [0.15, 0.2) is 0 Å². The van der Waals surface area contributed by atoms with Gasteiger partial charge >= 0.3 is 5.63 Å². The Morgan fingerprint density at radius 2 is 1.88 bits per heavy atom. The van der Waals surface area contributed by atoms with E-state index in [1.165, 1.54) is 5.01 Å². The van der Waals surface area contributed by atoms with E-state index in [4.69, 9.17) is 16.0 Å². The number of hydrogen-bond acceptors (Lipinski definition) is 4. The van der Waals surface area contributed by atoms with Crippen LogP contribution in [-0.4, -0.2) is 22.5 Å². The molecule has 4 rings (SSSR count). The number of rotatable bonds is 3.